The molecule has 4 unspecified atom stereocenters. The molecule has 4 amide bonds. The second kappa shape index (κ2) is 25.7. The van der Waals surface area contributed by atoms with Crippen LogP contribution in [0.2, 0.25) is 18.1 Å². The van der Waals surface area contributed by atoms with E-state index >= 15 is 0 Å². The predicted molar refractivity (Wildman–Crippen MR) is 284 cm³/mol. The zero-order chi connectivity index (χ0) is 52.9. The van der Waals surface area contributed by atoms with Gasteiger partial charge in [-0.3, -0.25) is 20.0 Å². The third-order valence-corrected chi connectivity index (χ3v) is 18.3. The van der Waals surface area contributed by atoms with Crippen molar-refractivity contribution in [3.63, 3.8) is 0 Å². The normalized spacial score (nSPS) is 18.9. The number of likely N-dealkylation sites (N-methyl/N-ethyl adjacent to an activating group) is 1. The van der Waals surface area contributed by atoms with E-state index in [9.17, 15) is 14.4 Å². The number of fused-ring (bicyclic) bond motifs is 2. The van der Waals surface area contributed by atoms with Crippen molar-refractivity contribution in [1.82, 2.24) is 25.8 Å². The van der Waals surface area contributed by atoms with Crippen LogP contribution in [0.15, 0.2) is 69.7 Å². The molecule has 3 aliphatic heterocycles. The van der Waals surface area contributed by atoms with Crippen LogP contribution in [0.5, 0.6) is 0 Å². The molecule has 0 saturated carbocycles. The summed E-state index contributed by atoms with van der Waals surface area (Å²) in [5, 5.41) is 11.0. The molecule has 3 N–H and O–H groups in total. The Kier molecular flexibility index (Phi) is 19.5. The maximum absolute atomic E-state index is 14.1. The average molecular weight is 1010 g/mol. The van der Waals surface area contributed by atoms with Gasteiger partial charge in [-0.25, -0.2) is 9.59 Å². The number of urea groups is 1. The fraction of sp³-hybridized carbons (Fsp3) is 0.564. The van der Waals surface area contributed by atoms with Crippen molar-refractivity contribution in [2.45, 2.75) is 124 Å². The summed E-state index contributed by atoms with van der Waals surface area (Å²) in [6.07, 6.45) is 1.79. The lowest BCUT2D eigenvalue weighted by Gasteiger charge is -2.39. The molecule has 2 aromatic carbocycles. The second-order valence-corrected chi connectivity index (χ2v) is 25.1. The highest BCUT2D eigenvalue weighted by molar-refractivity contribution is 6.74. The van der Waals surface area contributed by atoms with Crippen molar-refractivity contribution in [3.8, 4) is 22.5 Å². The van der Waals surface area contributed by atoms with Crippen LogP contribution in [-0.4, -0.2) is 140 Å². The van der Waals surface area contributed by atoms with Gasteiger partial charge >= 0.3 is 12.1 Å². The molecule has 2 aromatic rings. The molecule has 17 heteroatoms. The standard InChI is InChI=1S/C55H80N6O10Si/c1-13-56-45-33-48-44(31-38(45)4)50(43-30-36(2)37(3)32-47(43)70-48)41-18-14-15-19-42(41)52(62)60(10)22-25-68-54(64)58-21-17-24-66-27-29-67-28-26-65-23-16-20-57-51-39(5)35-61(53(63)59-51)49-34-46(40(6)69-49)71-72(11,12)55(7,8)9/h14-15,18-19,30-33,35,40,46,49,51,57H,13,16-17,20-29,34H2,1-12H3,(H,58,64)(H,59,63)/i6D. The van der Waals surface area contributed by atoms with Gasteiger partial charge in [0.15, 0.2) is 8.32 Å². The van der Waals surface area contributed by atoms with Crippen LogP contribution in [0.3, 0.4) is 0 Å². The highest BCUT2D eigenvalue weighted by Gasteiger charge is 2.45. The van der Waals surface area contributed by atoms with Gasteiger partial charge in [-0.05, 0) is 131 Å². The minimum atomic E-state index is -2.07. The first-order valence-corrected chi connectivity index (χ1v) is 28.3. The Morgan fingerprint density at radius 2 is 1.60 bits per heavy atom. The van der Waals surface area contributed by atoms with Crippen molar-refractivity contribution in [2.75, 3.05) is 79.5 Å². The van der Waals surface area contributed by atoms with Gasteiger partial charge in [0, 0.05) is 75.5 Å². The number of benzene rings is 3. The molecule has 3 heterocycles. The van der Waals surface area contributed by atoms with Gasteiger partial charge in [-0.2, -0.15) is 0 Å². The number of hydrogen-bond donors (Lipinski definition) is 3. The van der Waals surface area contributed by atoms with Gasteiger partial charge in [-0.15, -0.1) is 0 Å². The summed E-state index contributed by atoms with van der Waals surface area (Å²) in [7, 11) is -0.365. The van der Waals surface area contributed by atoms with E-state index in [0.29, 0.717) is 83.4 Å². The molecule has 72 heavy (non-hydrogen) atoms. The molecule has 1 saturated heterocycles. The van der Waals surface area contributed by atoms with Gasteiger partial charge in [0.2, 0.25) is 0 Å². The van der Waals surface area contributed by atoms with Gasteiger partial charge in [0.1, 0.15) is 30.3 Å². The lowest BCUT2D eigenvalue weighted by atomic mass is 9.88. The van der Waals surface area contributed by atoms with E-state index in [4.69, 9.17) is 33.9 Å². The summed E-state index contributed by atoms with van der Waals surface area (Å²) in [5.74, 6) is 0.508. The number of carbonyl (C=O) groups is 3. The summed E-state index contributed by atoms with van der Waals surface area (Å²) < 4.78 is 49.8. The molecule has 1 aliphatic carbocycles. The first-order chi connectivity index (χ1) is 34.8. The fourth-order valence-corrected chi connectivity index (χ4v) is 9.77. The minimum Gasteiger partial charge on any atom is -0.456 e. The molecule has 0 aromatic heterocycles. The number of nitrogens with one attached hydrogen (secondary N) is 3. The number of rotatable bonds is 24. The van der Waals surface area contributed by atoms with Crippen LogP contribution in [0.1, 0.15) is 89.2 Å². The Morgan fingerprint density at radius 3 is 2.29 bits per heavy atom. The Balaban J connectivity index is 0.814. The van der Waals surface area contributed by atoms with Crippen molar-refractivity contribution in [1.29, 1.82) is 0 Å². The molecular formula is C55H80N6O10Si. The number of ether oxygens (including phenoxy) is 5. The molecule has 4 aliphatic rings. The van der Waals surface area contributed by atoms with E-state index in [0.717, 1.165) is 61.7 Å². The fourth-order valence-electron chi connectivity index (χ4n) is 8.41. The molecule has 4 atom stereocenters. The van der Waals surface area contributed by atoms with Gasteiger partial charge < -0.3 is 48.1 Å². The number of amides is 4. The number of hydrogen-bond acceptors (Lipinski definition) is 12. The molecule has 1 fully saturated rings. The molecule has 16 nitrogen and oxygen atoms in total. The first kappa shape index (κ1) is 54.6. The van der Waals surface area contributed by atoms with Crippen molar-refractivity contribution < 1.29 is 48.3 Å². The molecule has 6 rings (SSSR count). The Morgan fingerprint density at radius 1 is 0.917 bits per heavy atom. The van der Waals surface area contributed by atoms with Crippen molar-refractivity contribution in [3.05, 3.63) is 87.9 Å². The third-order valence-electron chi connectivity index (χ3n) is 13.8. The molecule has 0 bridgehead atoms. The van der Waals surface area contributed by atoms with E-state index < -0.39 is 20.6 Å². The highest BCUT2D eigenvalue weighted by Crippen LogP contribution is 2.43. The van der Waals surface area contributed by atoms with E-state index in [1.807, 2.05) is 63.4 Å². The largest absolute Gasteiger partial charge is 0.456 e. The minimum absolute atomic E-state index is 0.0282. The van der Waals surface area contributed by atoms with Gasteiger partial charge in [-0.1, -0.05) is 39.0 Å². The Hall–Kier alpha value is -5.14. The summed E-state index contributed by atoms with van der Waals surface area (Å²) in [4.78, 5) is 47.5. The summed E-state index contributed by atoms with van der Waals surface area (Å²) in [6, 6.07) is 15.6. The van der Waals surface area contributed by atoms with E-state index in [1.54, 1.807) is 16.8 Å². The Labute approximate surface area is 429 Å². The van der Waals surface area contributed by atoms with E-state index in [1.165, 1.54) is 0 Å². The molecular weight excluding hydrogens is 933 g/mol. The van der Waals surface area contributed by atoms with Crippen molar-refractivity contribution >= 4 is 37.3 Å². The highest BCUT2D eigenvalue weighted by atomic mass is 28.4. The topological polar surface area (TPSA) is 175 Å². The predicted octanol–water partition coefficient (Wildman–Crippen LogP) is 9.05. The van der Waals surface area contributed by atoms with Crippen LogP contribution >= 0.6 is 0 Å². The first-order valence-electron chi connectivity index (χ1n) is 26.1. The number of nitrogens with zero attached hydrogens (tertiary/aromatic N) is 3. The number of carbonyl (C=O) groups excluding carboxylic acids is 3. The van der Waals surface area contributed by atoms with Gasteiger partial charge in [0.05, 0.1) is 50.5 Å². The van der Waals surface area contributed by atoms with E-state index in [2.05, 4.69) is 80.8 Å². The second-order valence-electron chi connectivity index (χ2n) is 20.3. The maximum Gasteiger partial charge on any atom is 0.407 e. The third kappa shape index (κ3) is 14.5. The van der Waals surface area contributed by atoms with E-state index in [-0.39, 0.29) is 55.4 Å². The van der Waals surface area contributed by atoms with Crippen molar-refractivity contribution in [2.24, 2.45) is 4.99 Å². The number of aryl methyl sites for hydroxylation is 3. The smallest absolute Gasteiger partial charge is 0.407 e. The molecule has 0 radical (unpaired) electrons. The number of alkyl carbamates (subject to hydrolysis) is 1. The van der Waals surface area contributed by atoms with Crippen LogP contribution in [0.25, 0.3) is 33.4 Å². The monoisotopic (exact) mass is 1010 g/mol. The molecule has 394 valence electrons. The quantitative estimate of drug-likeness (QED) is 0.0347. The zero-order valence-corrected chi connectivity index (χ0v) is 45.5. The zero-order valence-electron chi connectivity index (χ0n) is 45.5. The van der Waals surface area contributed by atoms with Crippen LogP contribution in [-0.2, 0) is 28.1 Å². The van der Waals surface area contributed by atoms with Crippen LogP contribution in [0, 0.1) is 20.8 Å². The lowest BCUT2D eigenvalue weighted by molar-refractivity contribution is -0.0229. The van der Waals surface area contributed by atoms with Gasteiger partial charge in [0.25, 0.3) is 5.91 Å². The maximum atomic E-state index is 14.1. The summed E-state index contributed by atoms with van der Waals surface area (Å²) >= 11 is 0. The molecule has 0 spiro atoms. The lowest BCUT2D eigenvalue weighted by Crippen LogP contribution is -2.56. The summed E-state index contributed by atoms with van der Waals surface area (Å²) in [5.41, 5.74) is 8.10. The summed E-state index contributed by atoms with van der Waals surface area (Å²) in [6.45, 7) is 25.8. The SMILES string of the molecule is [2H]CC1OC(N2C=C(C)C(NCCCOCCOCCOCCCNC(=O)OCCN(C)C(=O)c3ccccc3-c3c4cc(C)c(=NCC)cc-4oc4cc(C)c(C)cc34)NC2=O)CC1O[Si](C)(C)C(C)(C)C. The van der Waals surface area contributed by atoms with Crippen LogP contribution < -0.4 is 21.3 Å². The van der Waals surface area contributed by atoms with Crippen LogP contribution in [0.4, 0.5) is 9.59 Å². The average Bonchev–Trinajstić information content (AvgIpc) is 3.74. The Bertz CT molecular complexity index is 2580.